The van der Waals surface area contributed by atoms with E-state index in [2.05, 4.69) is 48.0 Å². The van der Waals surface area contributed by atoms with Crippen molar-refractivity contribution in [1.29, 1.82) is 0 Å². The number of rotatable bonds is 5. The van der Waals surface area contributed by atoms with Gasteiger partial charge in [0.2, 0.25) is 0 Å². The van der Waals surface area contributed by atoms with Crippen LogP contribution in [0.25, 0.3) is 0 Å². The van der Waals surface area contributed by atoms with Crippen LogP contribution in [0.5, 0.6) is 0 Å². The van der Waals surface area contributed by atoms with Gasteiger partial charge >= 0.3 is 0 Å². The highest BCUT2D eigenvalue weighted by Crippen LogP contribution is 2.45. The molecular formula is C22H28ClN3O3S. The van der Waals surface area contributed by atoms with Crippen molar-refractivity contribution in [2.75, 3.05) is 24.3 Å². The van der Waals surface area contributed by atoms with E-state index in [9.17, 15) is 13.5 Å². The average Bonchev–Trinajstić information content (AvgIpc) is 2.63. The van der Waals surface area contributed by atoms with Gasteiger partial charge in [-0.2, -0.15) is 5.11 Å². The molecule has 0 spiro atoms. The Hall–Kier alpha value is -1.96. The van der Waals surface area contributed by atoms with Crippen molar-refractivity contribution >= 4 is 38.5 Å². The normalized spacial score (nSPS) is 18.6. The molecule has 1 aliphatic rings. The number of halogens is 1. The fourth-order valence-corrected chi connectivity index (χ4v) is 5.09. The summed E-state index contributed by atoms with van der Waals surface area (Å²) in [7, 11) is -3.33. The Morgan fingerprint density at radius 1 is 1.20 bits per heavy atom. The second kappa shape index (κ2) is 8.29. The molecule has 30 heavy (non-hydrogen) atoms. The highest BCUT2D eigenvalue weighted by molar-refractivity contribution is 7.90. The SMILES string of the molecule is Cc1cc2c(cc1N=Nc1ccc(S(C)(=O)=O)cc1Cl)C(C)CC(C)(C)N2CCO. The van der Waals surface area contributed by atoms with Gasteiger partial charge in [0.25, 0.3) is 0 Å². The van der Waals surface area contributed by atoms with Crippen LogP contribution in [0, 0.1) is 6.92 Å². The smallest absolute Gasteiger partial charge is 0.175 e. The number of azo groups is 1. The van der Waals surface area contributed by atoms with Crippen LogP contribution in [0.2, 0.25) is 5.02 Å². The highest BCUT2D eigenvalue weighted by atomic mass is 35.5. The maximum absolute atomic E-state index is 11.7. The third kappa shape index (κ3) is 4.53. The number of benzene rings is 2. The molecule has 6 nitrogen and oxygen atoms in total. The zero-order valence-electron chi connectivity index (χ0n) is 18.0. The van der Waals surface area contributed by atoms with Crippen molar-refractivity contribution in [3.8, 4) is 0 Å². The Morgan fingerprint density at radius 2 is 1.87 bits per heavy atom. The first-order valence-corrected chi connectivity index (χ1v) is 12.2. The number of aryl methyl sites for hydroxylation is 1. The Balaban J connectivity index is 1.99. The number of β-amino-alcohol motifs (C(OH)–C–C–N with tert-alkyl or cyclic N) is 1. The third-order valence-electron chi connectivity index (χ3n) is 5.64. The zero-order valence-corrected chi connectivity index (χ0v) is 19.5. The summed E-state index contributed by atoms with van der Waals surface area (Å²) in [4.78, 5) is 2.41. The Labute approximate surface area is 183 Å². The molecular weight excluding hydrogens is 422 g/mol. The van der Waals surface area contributed by atoms with Crippen molar-refractivity contribution in [1.82, 2.24) is 0 Å². The molecule has 0 radical (unpaired) electrons. The molecule has 2 aromatic rings. The summed E-state index contributed by atoms with van der Waals surface area (Å²) in [5.41, 5.74) is 4.39. The van der Waals surface area contributed by atoms with Crippen LogP contribution in [0.15, 0.2) is 45.5 Å². The minimum atomic E-state index is -3.33. The largest absolute Gasteiger partial charge is 0.395 e. The van der Waals surface area contributed by atoms with Gasteiger partial charge in [0.05, 0.1) is 22.2 Å². The van der Waals surface area contributed by atoms with Crippen molar-refractivity contribution < 1.29 is 13.5 Å². The van der Waals surface area contributed by atoms with Crippen molar-refractivity contribution in [2.24, 2.45) is 10.2 Å². The van der Waals surface area contributed by atoms with Crippen LogP contribution in [-0.4, -0.2) is 38.5 Å². The number of aliphatic hydroxyl groups is 1. The topological polar surface area (TPSA) is 82.3 Å². The summed E-state index contributed by atoms with van der Waals surface area (Å²) in [6, 6.07) is 8.58. The fourth-order valence-electron chi connectivity index (χ4n) is 4.16. The minimum absolute atomic E-state index is 0.0422. The predicted molar refractivity (Wildman–Crippen MR) is 121 cm³/mol. The molecule has 1 unspecified atom stereocenters. The van der Waals surface area contributed by atoms with E-state index < -0.39 is 9.84 Å². The Bertz CT molecular complexity index is 1100. The van der Waals surface area contributed by atoms with Gasteiger partial charge in [-0.25, -0.2) is 8.42 Å². The van der Waals surface area contributed by atoms with Gasteiger partial charge in [-0.15, -0.1) is 5.11 Å². The fraction of sp³-hybridized carbons (Fsp3) is 0.455. The first-order valence-electron chi connectivity index (χ1n) is 9.88. The van der Waals surface area contributed by atoms with E-state index >= 15 is 0 Å². The number of sulfone groups is 1. The number of fused-ring (bicyclic) bond motifs is 1. The maximum Gasteiger partial charge on any atom is 0.175 e. The number of hydrogen-bond acceptors (Lipinski definition) is 6. The molecule has 0 aromatic heterocycles. The van der Waals surface area contributed by atoms with E-state index in [0.29, 0.717) is 18.2 Å². The standard InChI is InChI=1S/C22H28ClN3O3S/c1-14-10-21-17(15(2)13-22(3,4)26(21)8-9-27)12-20(14)25-24-19-7-6-16(11-18(19)23)30(5,28)29/h6-7,10-12,15,27H,8-9,13H2,1-5H3. The second-order valence-corrected chi connectivity index (χ2v) is 11.0. The van der Waals surface area contributed by atoms with Crippen LogP contribution in [0.4, 0.5) is 17.1 Å². The second-order valence-electron chi connectivity index (χ2n) is 8.58. The van der Waals surface area contributed by atoms with Crippen LogP contribution >= 0.6 is 11.6 Å². The molecule has 1 heterocycles. The summed E-state index contributed by atoms with van der Waals surface area (Å²) >= 11 is 6.22. The monoisotopic (exact) mass is 449 g/mol. The molecule has 0 bridgehead atoms. The van der Waals surface area contributed by atoms with Gasteiger partial charge < -0.3 is 10.0 Å². The third-order valence-corrected chi connectivity index (χ3v) is 7.05. The molecule has 0 saturated carbocycles. The van der Waals surface area contributed by atoms with E-state index in [1.165, 1.54) is 17.7 Å². The van der Waals surface area contributed by atoms with Gasteiger partial charge in [0.15, 0.2) is 9.84 Å². The predicted octanol–water partition coefficient (Wildman–Crippen LogP) is 5.55. The van der Waals surface area contributed by atoms with Crippen LogP contribution < -0.4 is 4.90 Å². The Kier molecular flexibility index (Phi) is 6.28. The van der Waals surface area contributed by atoms with Gasteiger partial charge in [0.1, 0.15) is 5.69 Å². The summed E-state index contributed by atoms with van der Waals surface area (Å²) < 4.78 is 23.3. The quantitative estimate of drug-likeness (QED) is 0.606. The molecule has 3 rings (SSSR count). The van der Waals surface area contributed by atoms with Gasteiger partial charge in [-0.05, 0) is 74.6 Å². The molecule has 0 saturated heterocycles. The van der Waals surface area contributed by atoms with Crippen LogP contribution in [-0.2, 0) is 9.84 Å². The Morgan fingerprint density at radius 3 is 2.47 bits per heavy atom. The molecule has 0 fully saturated rings. The van der Waals surface area contributed by atoms with E-state index in [-0.39, 0.29) is 22.1 Å². The summed E-state index contributed by atoms with van der Waals surface area (Å²) in [5, 5.41) is 18.4. The average molecular weight is 450 g/mol. The van der Waals surface area contributed by atoms with E-state index in [1.54, 1.807) is 6.07 Å². The number of nitrogens with zero attached hydrogens (tertiary/aromatic N) is 3. The molecule has 0 amide bonds. The number of aliphatic hydroxyl groups excluding tert-OH is 1. The van der Waals surface area contributed by atoms with Gasteiger partial charge in [-0.1, -0.05) is 18.5 Å². The molecule has 8 heteroatoms. The lowest BCUT2D eigenvalue weighted by atomic mass is 9.79. The number of hydrogen-bond donors (Lipinski definition) is 1. The first-order chi connectivity index (χ1) is 13.9. The van der Waals surface area contributed by atoms with Crippen LogP contribution in [0.1, 0.15) is 44.2 Å². The van der Waals surface area contributed by atoms with Crippen molar-refractivity contribution in [3.63, 3.8) is 0 Å². The first kappa shape index (κ1) is 22.7. The lowest BCUT2D eigenvalue weighted by Gasteiger charge is -2.47. The summed E-state index contributed by atoms with van der Waals surface area (Å²) in [6.45, 7) is 9.26. The van der Waals surface area contributed by atoms with E-state index in [1.807, 2.05) is 6.92 Å². The van der Waals surface area contributed by atoms with Crippen molar-refractivity contribution in [3.05, 3.63) is 46.5 Å². The molecule has 2 aromatic carbocycles. The van der Waals surface area contributed by atoms with Crippen molar-refractivity contribution in [2.45, 2.75) is 50.5 Å². The molecule has 1 aliphatic heterocycles. The summed E-state index contributed by atoms with van der Waals surface area (Å²) in [6.07, 6.45) is 2.11. The molecule has 1 atom stereocenters. The number of anilines is 1. The maximum atomic E-state index is 11.7. The van der Waals surface area contributed by atoms with E-state index in [4.69, 9.17) is 11.6 Å². The van der Waals surface area contributed by atoms with Gasteiger partial charge in [-0.3, -0.25) is 0 Å². The highest BCUT2D eigenvalue weighted by Gasteiger charge is 2.36. The minimum Gasteiger partial charge on any atom is -0.395 e. The summed E-state index contributed by atoms with van der Waals surface area (Å²) in [5.74, 6) is 0.345. The van der Waals surface area contributed by atoms with Gasteiger partial charge in [0, 0.05) is 24.0 Å². The van der Waals surface area contributed by atoms with Crippen LogP contribution in [0.3, 0.4) is 0 Å². The molecule has 162 valence electrons. The lowest BCUT2D eigenvalue weighted by molar-refractivity contribution is 0.277. The zero-order chi connectivity index (χ0) is 22.3. The molecule has 0 aliphatic carbocycles. The van der Waals surface area contributed by atoms with E-state index in [0.717, 1.165) is 29.6 Å². The lowest BCUT2D eigenvalue weighted by Crippen LogP contribution is -2.49. The molecule has 1 N–H and O–H groups in total.